The minimum absolute atomic E-state index is 0.0253. The van der Waals surface area contributed by atoms with Gasteiger partial charge >= 0.3 is 0 Å². The number of nitrogens with one attached hydrogen (secondary N) is 1. The van der Waals surface area contributed by atoms with Crippen molar-refractivity contribution in [1.82, 2.24) is 4.90 Å². The standard InChI is InChI=1S/C22H27N3O3/c1-2-24-11-13-25(14-12-24)19-6-4-3-5-18(19)23-22(26)10-8-17-7-9-20-21(15-17)28-16-27-20/h3-7,9,15H,2,8,10-14,16H2,1H3,(H,23,26). The molecule has 0 spiro atoms. The number of likely N-dealkylation sites (N-methyl/N-ethyl adjacent to an activating group) is 1. The fourth-order valence-corrected chi connectivity index (χ4v) is 3.73. The number of anilines is 2. The molecule has 0 aliphatic carbocycles. The van der Waals surface area contributed by atoms with E-state index in [1.807, 2.05) is 36.4 Å². The smallest absolute Gasteiger partial charge is 0.231 e. The van der Waals surface area contributed by atoms with Gasteiger partial charge in [-0.2, -0.15) is 0 Å². The van der Waals surface area contributed by atoms with Crippen LogP contribution in [0.4, 0.5) is 11.4 Å². The molecule has 148 valence electrons. The number of fused-ring (bicyclic) bond motifs is 1. The van der Waals surface area contributed by atoms with Crippen LogP contribution in [0.15, 0.2) is 42.5 Å². The van der Waals surface area contributed by atoms with Crippen molar-refractivity contribution >= 4 is 17.3 Å². The van der Waals surface area contributed by atoms with E-state index in [4.69, 9.17) is 9.47 Å². The van der Waals surface area contributed by atoms with E-state index in [-0.39, 0.29) is 12.7 Å². The average molecular weight is 381 g/mol. The van der Waals surface area contributed by atoms with Gasteiger partial charge < -0.3 is 24.6 Å². The quantitative estimate of drug-likeness (QED) is 0.833. The molecular weight excluding hydrogens is 354 g/mol. The second-order valence-corrected chi connectivity index (χ2v) is 7.17. The Hall–Kier alpha value is -2.73. The van der Waals surface area contributed by atoms with Crippen LogP contribution in [-0.2, 0) is 11.2 Å². The highest BCUT2D eigenvalue weighted by Crippen LogP contribution is 2.33. The van der Waals surface area contributed by atoms with Crippen molar-refractivity contribution in [3.63, 3.8) is 0 Å². The van der Waals surface area contributed by atoms with Gasteiger partial charge in [-0.1, -0.05) is 25.1 Å². The zero-order chi connectivity index (χ0) is 19.3. The molecule has 4 rings (SSSR count). The molecule has 2 aliphatic rings. The van der Waals surface area contributed by atoms with Crippen LogP contribution in [0, 0.1) is 0 Å². The van der Waals surface area contributed by atoms with Crippen molar-refractivity contribution in [2.24, 2.45) is 0 Å². The molecule has 6 heteroatoms. The molecule has 2 aliphatic heterocycles. The number of piperazine rings is 1. The summed E-state index contributed by atoms with van der Waals surface area (Å²) in [4.78, 5) is 17.4. The summed E-state index contributed by atoms with van der Waals surface area (Å²) in [7, 11) is 0. The number of ether oxygens (including phenoxy) is 2. The van der Waals surface area contributed by atoms with Gasteiger partial charge in [0.2, 0.25) is 12.7 Å². The van der Waals surface area contributed by atoms with Crippen molar-refractivity contribution in [1.29, 1.82) is 0 Å². The minimum Gasteiger partial charge on any atom is -0.454 e. The largest absolute Gasteiger partial charge is 0.454 e. The Morgan fingerprint density at radius 2 is 1.82 bits per heavy atom. The Bertz CT molecular complexity index is 832. The Morgan fingerprint density at radius 3 is 2.64 bits per heavy atom. The predicted molar refractivity (Wildman–Crippen MR) is 110 cm³/mol. The topological polar surface area (TPSA) is 54.0 Å². The molecule has 0 aromatic heterocycles. The van der Waals surface area contributed by atoms with Crippen LogP contribution in [0.2, 0.25) is 0 Å². The highest BCUT2D eigenvalue weighted by Gasteiger charge is 2.19. The van der Waals surface area contributed by atoms with E-state index < -0.39 is 0 Å². The molecule has 0 atom stereocenters. The van der Waals surface area contributed by atoms with E-state index in [1.165, 1.54) is 0 Å². The SMILES string of the molecule is CCN1CCN(c2ccccc2NC(=O)CCc2ccc3c(c2)OCO3)CC1. The third-order valence-corrected chi connectivity index (χ3v) is 5.42. The zero-order valence-corrected chi connectivity index (χ0v) is 16.3. The fourth-order valence-electron chi connectivity index (χ4n) is 3.73. The molecule has 28 heavy (non-hydrogen) atoms. The molecule has 0 bridgehead atoms. The number of hydrogen-bond donors (Lipinski definition) is 1. The van der Waals surface area contributed by atoms with Crippen LogP contribution in [0.3, 0.4) is 0 Å². The second kappa shape index (κ2) is 8.52. The number of amides is 1. The van der Waals surface area contributed by atoms with Gasteiger partial charge in [0.05, 0.1) is 11.4 Å². The summed E-state index contributed by atoms with van der Waals surface area (Å²) in [6.07, 6.45) is 1.09. The molecule has 2 heterocycles. The van der Waals surface area contributed by atoms with Gasteiger partial charge in [-0.3, -0.25) is 4.79 Å². The van der Waals surface area contributed by atoms with Gasteiger partial charge in [0.15, 0.2) is 11.5 Å². The van der Waals surface area contributed by atoms with E-state index in [9.17, 15) is 4.79 Å². The van der Waals surface area contributed by atoms with Gasteiger partial charge in [-0.15, -0.1) is 0 Å². The first kappa shape index (κ1) is 18.6. The number of carbonyl (C=O) groups is 1. The first-order valence-corrected chi connectivity index (χ1v) is 9.97. The molecule has 6 nitrogen and oxygen atoms in total. The number of carbonyl (C=O) groups excluding carboxylic acids is 1. The lowest BCUT2D eigenvalue weighted by Crippen LogP contribution is -2.46. The molecule has 1 saturated heterocycles. The van der Waals surface area contributed by atoms with Gasteiger partial charge in [0.25, 0.3) is 0 Å². The Kier molecular flexibility index (Phi) is 5.67. The summed E-state index contributed by atoms with van der Waals surface area (Å²) < 4.78 is 10.7. The van der Waals surface area contributed by atoms with Crippen molar-refractivity contribution in [3.05, 3.63) is 48.0 Å². The molecule has 0 saturated carbocycles. The predicted octanol–water partition coefficient (Wildman–Crippen LogP) is 3.13. The van der Waals surface area contributed by atoms with Crippen LogP contribution >= 0.6 is 0 Å². The van der Waals surface area contributed by atoms with Gasteiger partial charge in [-0.05, 0) is 42.8 Å². The second-order valence-electron chi connectivity index (χ2n) is 7.17. The number of rotatable bonds is 6. The average Bonchev–Trinajstić information content (AvgIpc) is 3.21. The summed E-state index contributed by atoms with van der Waals surface area (Å²) in [6.45, 7) is 7.64. The number of para-hydroxylation sites is 2. The number of benzene rings is 2. The summed E-state index contributed by atoms with van der Waals surface area (Å²) in [5.41, 5.74) is 3.07. The van der Waals surface area contributed by atoms with Crippen LogP contribution in [-0.4, -0.2) is 50.3 Å². The lowest BCUT2D eigenvalue weighted by Gasteiger charge is -2.36. The highest BCUT2D eigenvalue weighted by atomic mass is 16.7. The van der Waals surface area contributed by atoms with Crippen LogP contribution in [0.1, 0.15) is 18.9 Å². The highest BCUT2D eigenvalue weighted by molar-refractivity contribution is 5.94. The van der Waals surface area contributed by atoms with Crippen LogP contribution < -0.4 is 19.7 Å². The van der Waals surface area contributed by atoms with Crippen molar-refractivity contribution in [2.75, 3.05) is 49.7 Å². The summed E-state index contributed by atoms with van der Waals surface area (Å²) in [5, 5.41) is 3.11. The summed E-state index contributed by atoms with van der Waals surface area (Å²) >= 11 is 0. The van der Waals surface area contributed by atoms with Gasteiger partial charge in [0, 0.05) is 32.6 Å². The fraction of sp³-hybridized carbons (Fsp3) is 0.409. The van der Waals surface area contributed by atoms with E-state index in [0.29, 0.717) is 12.8 Å². The number of hydrogen-bond acceptors (Lipinski definition) is 5. The maximum Gasteiger partial charge on any atom is 0.231 e. The molecule has 1 amide bonds. The molecular formula is C22H27N3O3. The first-order valence-electron chi connectivity index (χ1n) is 9.97. The van der Waals surface area contributed by atoms with Crippen molar-refractivity contribution < 1.29 is 14.3 Å². The Balaban J connectivity index is 1.36. The lowest BCUT2D eigenvalue weighted by atomic mass is 10.1. The molecule has 1 fully saturated rings. The van der Waals surface area contributed by atoms with Crippen molar-refractivity contribution in [2.45, 2.75) is 19.8 Å². The first-order chi connectivity index (χ1) is 13.7. The van der Waals surface area contributed by atoms with Crippen LogP contribution in [0.25, 0.3) is 0 Å². The Morgan fingerprint density at radius 1 is 1.04 bits per heavy atom. The van der Waals surface area contributed by atoms with E-state index in [1.54, 1.807) is 0 Å². The van der Waals surface area contributed by atoms with Crippen molar-refractivity contribution in [3.8, 4) is 11.5 Å². The van der Waals surface area contributed by atoms with E-state index in [2.05, 4.69) is 28.1 Å². The monoisotopic (exact) mass is 381 g/mol. The molecule has 0 unspecified atom stereocenters. The maximum absolute atomic E-state index is 12.6. The van der Waals surface area contributed by atoms with E-state index >= 15 is 0 Å². The number of nitrogens with zero attached hydrogens (tertiary/aromatic N) is 2. The molecule has 0 radical (unpaired) electrons. The van der Waals surface area contributed by atoms with Crippen LogP contribution in [0.5, 0.6) is 11.5 Å². The maximum atomic E-state index is 12.6. The number of aryl methyl sites for hydroxylation is 1. The normalized spacial score (nSPS) is 16.2. The lowest BCUT2D eigenvalue weighted by molar-refractivity contribution is -0.116. The van der Waals surface area contributed by atoms with Gasteiger partial charge in [0.1, 0.15) is 0 Å². The van der Waals surface area contributed by atoms with E-state index in [0.717, 1.165) is 61.2 Å². The minimum atomic E-state index is 0.0253. The Labute approximate surface area is 166 Å². The summed E-state index contributed by atoms with van der Waals surface area (Å²) in [5.74, 6) is 1.55. The third-order valence-electron chi connectivity index (χ3n) is 5.42. The zero-order valence-electron chi connectivity index (χ0n) is 16.3. The van der Waals surface area contributed by atoms with Gasteiger partial charge in [-0.25, -0.2) is 0 Å². The summed E-state index contributed by atoms with van der Waals surface area (Å²) in [6, 6.07) is 13.9. The third kappa shape index (κ3) is 4.22. The molecule has 2 aromatic rings. The molecule has 2 aromatic carbocycles. The molecule has 1 N–H and O–H groups in total.